The topological polar surface area (TPSA) is 55.6 Å². The molecule has 4 nitrogen and oxygen atoms in total. The zero-order valence-corrected chi connectivity index (χ0v) is 9.56. The molecule has 0 spiro atoms. The molecule has 0 aliphatic carbocycles. The van der Waals surface area contributed by atoms with E-state index in [0.29, 0.717) is 6.54 Å². The summed E-state index contributed by atoms with van der Waals surface area (Å²) in [5.41, 5.74) is 0.452. The first kappa shape index (κ1) is 11.0. The van der Waals surface area contributed by atoms with Gasteiger partial charge in [0, 0.05) is 6.54 Å². The fourth-order valence-corrected chi connectivity index (χ4v) is 2.10. The van der Waals surface area contributed by atoms with Crippen molar-refractivity contribution >= 4 is 5.91 Å². The van der Waals surface area contributed by atoms with E-state index in [1.807, 2.05) is 31.2 Å². The molecule has 4 heteroatoms. The lowest BCUT2D eigenvalue weighted by molar-refractivity contribution is -0.132. The molecular formula is C12H16N2O2. The number of rotatable bonds is 2. The molecule has 2 N–H and O–H groups in total. The Morgan fingerprint density at radius 3 is 2.81 bits per heavy atom. The maximum Gasteiger partial charge on any atom is 0.246 e. The molecule has 1 aromatic rings. The van der Waals surface area contributed by atoms with E-state index >= 15 is 0 Å². The summed E-state index contributed by atoms with van der Waals surface area (Å²) in [4.78, 5) is 12.0. The molecule has 86 valence electrons. The Morgan fingerprint density at radius 2 is 2.25 bits per heavy atom. The molecule has 1 fully saturated rings. The van der Waals surface area contributed by atoms with Crippen LogP contribution in [0.15, 0.2) is 24.3 Å². The third-order valence-electron chi connectivity index (χ3n) is 3.29. The highest BCUT2D eigenvalue weighted by atomic mass is 16.5. The van der Waals surface area contributed by atoms with Crippen LogP contribution in [0.1, 0.15) is 18.9 Å². The van der Waals surface area contributed by atoms with Crippen molar-refractivity contribution in [1.82, 2.24) is 5.01 Å². The second-order valence-electron chi connectivity index (χ2n) is 4.31. The normalized spacial score (nSPS) is 24.9. The molecule has 1 saturated heterocycles. The number of benzene rings is 1. The third-order valence-corrected chi connectivity index (χ3v) is 3.29. The van der Waals surface area contributed by atoms with Gasteiger partial charge >= 0.3 is 0 Å². The number of ether oxygens (including phenoxy) is 1. The van der Waals surface area contributed by atoms with Crippen LogP contribution in [0, 0.1) is 0 Å². The van der Waals surface area contributed by atoms with Crippen LogP contribution in [0.5, 0.6) is 5.75 Å². The zero-order valence-electron chi connectivity index (χ0n) is 9.56. The van der Waals surface area contributed by atoms with Crippen molar-refractivity contribution in [3.05, 3.63) is 29.8 Å². The van der Waals surface area contributed by atoms with Crippen LogP contribution in [0.25, 0.3) is 0 Å². The molecule has 0 radical (unpaired) electrons. The molecule has 1 aliphatic heterocycles. The maximum atomic E-state index is 12.0. The van der Waals surface area contributed by atoms with Crippen molar-refractivity contribution in [2.24, 2.45) is 5.84 Å². The van der Waals surface area contributed by atoms with Crippen molar-refractivity contribution in [1.29, 1.82) is 0 Å². The highest BCUT2D eigenvalue weighted by Crippen LogP contribution is 2.35. The SMILES string of the molecule is COc1cccc(C2(C)CCN(N)C2=O)c1. The van der Waals surface area contributed by atoms with Gasteiger partial charge in [0.1, 0.15) is 5.75 Å². The summed E-state index contributed by atoms with van der Waals surface area (Å²) in [6.45, 7) is 2.53. The largest absolute Gasteiger partial charge is 0.497 e. The maximum absolute atomic E-state index is 12.0. The Balaban J connectivity index is 2.39. The lowest BCUT2D eigenvalue weighted by Crippen LogP contribution is -2.39. The van der Waals surface area contributed by atoms with Gasteiger partial charge in [0.05, 0.1) is 12.5 Å². The predicted octanol–water partition coefficient (Wildman–Crippen LogP) is 1.06. The average Bonchev–Trinajstić information content (AvgIpc) is 2.59. The standard InChI is InChI=1S/C12H16N2O2/c1-12(6-7-14(13)11(12)15)9-4-3-5-10(8-9)16-2/h3-5,8H,6-7,13H2,1-2H3. The molecule has 16 heavy (non-hydrogen) atoms. The first-order chi connectivity index (χ1) is 7.58. The summed E-state index contributed by atoms with van der Waals surface area (Å²) < 4.78 is 5.17. The molecule has 1 amide bonds. The van der Waals surface area contributed by atoms with E-state index < -0.39 is 5.41 Å². The van der Waals surface area contributed by atoms with Crippen LogP contribution in [0.3, 0.4) is 0 Å². The number of carbonyl (C=O) groups excluding carboxylic acids is 1. The first-order valence-electron chi connectivity index (χ1n) is 5.29. The Kier molecular flexibility index (Phi) is 2.59. The van der Waals surface area contributed by atoms with E-state index in [4.69, 9.17) is 10.6 Å². The van der Waals surface area contributed by atoms with Crippen LogP contribution in [-0.4, -0.2) is 24.6 Å². The van der Waals surface area contributed by atoms with Crippen LogP contribution < -0.4 is 10.6 Å². The summed E-state index contributed by atoms with van der Waals surface area (Å²) in [6.07, 6.45) is 0.746. The second-order valence-corrected chi connectivity index (χ2v) is 4.31. The Bertz CT molecular complexity index is 419. The molecule has 0 aromatic heterocycles. The Hall–Kier alpha value is -1.55. The Labute approximate surface area is 95.0 Å². The average molecular weight is 220 g/mol. The number of amides is 1. The van der Waals surface area contributed by atoms with Crippen LogP contribution in [0.4, 0.5) is 0 Å². The third kappa shape index (κ3) is 1.55. The van der Waals surface area contributed by atoms with Gasteiger partial charge in [-0.3, -0.25) is 9.80 Å². The monoisotopic (exact) mass is 220 g/mol. The number of nitrogens with zero attached hydrogens (tertiary/aromatic N) is 1. The first-order valence-corrected chi connectivity index (χ1v) is 5.29. The zero-order chi connectivity index (χ0) is 11.8. The van der Waals surface area contributed by atoms with Gasteiger partial charge in [-0.25, -0.2) is 5.84 Å². The second kappa shape index (κ2) is 3.79. The van der Waals surface area contributed by atoms with Crippen LogP contribution in [0.2, 0.25) is 0 Å². The number of hydrogen-bond donors (Lipinski definition) is 1. The molecule has 1 aliphatic rings. The number of hydrazine groups is 1. The fourth-order valence-electron chi connectivity index (χ4n) is 2.10. The molecule has 1 aromatic carbocycles. The lowest BCUT2D eigenvalue weighted by atomic mass is 9.81. The number of carbonyl (C=O) groups is 1. The van der Waals surface area contributed by atoms with E-state index in [0.717, 1.165) is 17.7 Å². The van der Waals surface area contributed by atoms with Crippen molar-refractivity contribution in [3.63, 3.8) is 0 Å². The van der Waals surface area contributed by atoms with Gasteiger partial charge in [-0.2, -0.15) is 0 Å². The summed E-state index contributed by atoms with van der Waals surface area (Å²) in [5, 5.41) is 1.29. The fraction of sp³-hybridized carbons (Fsp3) is 0.417. The van der Waals surface area contributed by atoms with Crippen molar-refractivity contribution in [2.75, 3.05) is 13.7 Å². The lowest BCUT2D eigenvalue weighted by Gasteiger charge is -2.22. The van der Waals surface area contributed by atoms with Gasteiger partial charge in [0.2, 0.25) is 5.91 Å². The van der Waals surface area contributed by atoms with Crippen LogP contribution >= 0.6 is 0 Å². The molecule has 1 unspecified atom stereocenters. The van der Waals surface area contributed by atoms with Gasteiger partial charge in [0.15, 0.2) is 0 Å². The highest BCUT2D eigenvalue weighted by molar-refractivity contribution is 5.89. The number of hydrogen-bond acceptors (Lipinski definition) is 3. The molecule has 0 bridgehead atoms. The minimum Gasteiger partial charge on any atom is -0.497 e. The van der Waals surface area contributed by atoms with E-state index in [2.05, 4.69) is 0 Å². The summed E-state index contributed by atoms with van der Waals surface area (Å²) in [6, 6.07) is 7.61. The Morgan fingerprint density at radius 1 is 1.50 bits per heavy atom. The quantitative estimate of drug-likeness (QED) is 0.599. The number of nitrogens with two attached hydrogens (primary N) is 1. The van der Waals surface area contributed by atoms with Gasteiger partial charge in [0.25, 0.3) is 0 Å². The highest BCUT2D eigenvalue weighted by Gasteiger charge is 2.43. The summed E-state index contributed by atoms with van der Waals surface area (Å²) in [7, 11) is 1.62. The van der Waals surface area contributed by atoms with Gasteiger partial charge < -0.3 is 4.74 Å². The smallest absolute Gasteiger partial charge is 0.246 e. The number of methoxy groups -OCH3 is 1. The van der Waals surface area contributed by atoms with Crippen molar-refractivity contribution < 1.29 is 9.53 Å². The van der Waals surface area contributed by atoms with Crippen molar-refractivity contribution in [3.8, 4) is 5.75 Å². The molecule has 1 atom stereocenters. The summed E-state index contributed by atoms with van der Waals surface area (Å²) >= 11 is 0. The van der Waals surface area contributed by atoms with E-state index in [1.165, 1.54) is 5.01 Å². The minimum atomic E-state index is -0.511. The van der Waals surface area contributed by atoms with Gasteiger partial charge in [-0.1, -0.05) is 12.1 Å². The molecule has 1 heterocycles. The molecule has 0 saturated carbocycles. The van der Waals surface area contributed by atoms with Gasteiger partial charge in [-0.15, -0.1) is 0 Å². The van der Waals surface area contributed by atoms with Crippen LogP contribution in [-0.2, 0) is 10.2 Å². The molecule has 2 rings (SSSR count). The minimum absolute atomic E-state index is 0.0271. The van der Waals surface area contributed by atoms with E-state index in [9.17, 15) is 4.79 Å². The summed E-state index contributed by atoms with van der Waals surface area (Å²) in [5.74, 6) is 6.35. The van der Waals surface area contributed by atoms with Crippen molar-refractivity contribution in [2.45, 2.75) is 18.8 Å². The van der Waals surface area contributed by atoms with Gasteiger partial charge in [-0.05, 0) is 31.0 Å². The molecular weight excluding hydrogens is 204 g/mol. The predicted molar refractivity (Wildman–Crippen MR) is 60.9 cm³/mol. The van der Waals surface area contributed by atoms with E-state index in [-0.39, 0.29) is 5.91 Å². The van der Waals surface area contributed by atoms with E-state index in [1.54, 1.807) is 7.11 Å².